The topological polar surface area (TPSA) is 79.4 Å². The first-order chi connectivity index (χ1) is 11.2. The molecule has 2 N–H and O–H groups in total. The molecule has 0 saturated carbocycles. The predicted molar refractivity (Wildman–Crippen MR) is 88.4 cm³/mol. The van der Waals surface area contributed by atoms with Crippen LogP contribution < -0.4 is 10.6 Å². The number of ether oxygens (including phenoxy) is 1. The fourth-order valence-electron chi connectivity index (χ4n) is 3.08. The van der Waals surface area contributed by atoms with Crippen molar-refractivity contribution in [3.05, 3.63) is 12.3 Å². The monoisotopic (exact) mass is 319 g/mol. The predicted octanol–water partition coefficient (Wildman–Crippen LogP) is 1.49. The van der Waals surface area contributed by atoms with Gasteiger partial charge < -0.3 is 20.3 Å². The first-order valence-corrected chi connectivity index (χ1v) is 8.46. The Morgan fingerprint density at radius 3 is 3.09 bits per heavy atom. The molecule has 0 unspecified atom stereocenters. The van der Waals surface area contributed by atoms with Gasteiger partial charge in [0, 0.05) is 38.4 Å². The van der Waals surface area contributed by atoms with Gasteiger partial charge in [0.05, 0.1) is 12.6 Å². The van der Waals surface area contributed by atoms with Crippen molar-refractivity contribution in [2.75, 3.05) is 36.9 Å². The number of carbonyl (C=O) groups is 1. The smallest absolute Gasteiger partial charge is 0.224 e. The van der Waals surface area contributed by atoms with Crippen LogP contribution >= 0.6 is 0 Å². The molecule has 7 nitrogen and oxygen atoms in total. The zero-order chi connectivity index (χ0) is 16.1. The van der Waals surface area contributed by atoms with Gasteiger partial charge in [0.2, 0.25) is 11.9 Å². The molecule has 0 radical (unpaired) electrons. The average Bonchev–Trinajstić information content (AvgIpc) is 3.04. The molecule has 1 amide bonds. The summed E-state index contributed by atoms with van der Waals surface area (Å²) in [7, 11) is 0. The van der Waals surface area contributed by atoms with Crippen molar-refractivity contribution in [3.63, 3.8) is 0 Å². The summed E-state index contributed by atoms with van der Waals surface area (Å²) in [5.74, 6) is 1.64. The number of nitrogens with one attached hydrogen (secondary N) is 2. The van der Waals surface area contributed by atoms with Gasteiger partial charge in [-0.15, -0.1) is 0 Å². The summed E-state index contributed by atoms with van der Waals surface area (Å²) in [4.78, 5) is 22.5. The summed E-state index contributed by atoms with van der Waals surface area (Å²) in [6.45, 7) is 5.01. The molecule has 0 spiro atoms. The van der Waals surface area contributed by atoms with Crippen LogP contribution in [0.25, 0.3) is 0 Å². The van der Waals surface area contributed by atoms with E-state index in [1.807, 2.05) is 17.9 Å². The lowest BCUT2D eigenvalue weighted by molar-refractivity contribution is -0.129. The molecular formula is C16H25N5O2. The molecule has 2 aliphatic rings. The molecule has 0 aromatic carbocycles. The minimum absolute atomic E-state index is 0.211. The van der Waals surface area contributed by atoms with E-state index >= 15 is 0 Å². The van der Waals surface area contributed by atoms with Crippen LogP contribution in [0.4, 0.5) is 11.8 Å². The van der Waals surface area contributed by atoms with Gasteiger partial charge >= 0.3 is 0 Å². The van der Waals surface area contributed by atoms with Gasteiger partial charge in [-0.25, -0.2) is 4.98 Å². The number of likely N-dealkylation sites (tertiary alicyclic amines) is 1. The number of hydrogen-bond acceptors (Lipinski definition) is 6. The first-order valence-electron chi connectivity index (χ1n) is 8.46. The van der Waals surface area contributed by atoms with Crippen molar-refractivity contribution in [1.82, 2.24) is 14.9 Å². The molecule has 2 fully saturated rings. The third-order valence-electron chi connectivity index (χ3n) is 4.34. The maximum absolute atomic E-state index is 11.7. The molecule has 3 heterocycles. The number of amides is 1. The van der Waals surface area contributed by atoms with E-state index in [4.69, 9.17) is 4.74 Å². The van der Waals surface area contributed by atoms with E-state index < -0.39 is 0 Å². The molecule has 2 aliphatic heterocycles. The molecule has 23 heavy (non-hydrogen) atoms. The summed E-state index contributed by atoms with van der Waals surface area (Å²) in [5.41, 5.74) is 0. The number of aromatic nitrogens is 2. The van der Waals surface area contributed by atoms with Crippen LogP contribution in [0.5, 0.6) is 0 Å². The summed E-state index contributed by atoms with van der Waals surface area (Å²) in [6, 6.07) is 2.41. The van der Waals surface area contributed by atoms with Crippen LogP contribution in [0, 0.1) is 0 Å². The lowest BCUT2D eigenvalue weighted by atomic mass is 10.1. The zero-order valence-corrected chi connectivity index (χ0v) is 13.6. The standard InChI is InChI=1S/C16H25N5O2/c1-2-15(22)21-8-6-12(10-21)19-16-17-7-5-14(20-16)18-13-4-3-9-23-11-13/h5,7,12-13H,2-4,6,8-11H2,1H3,(H2,17,18,19,20)/t12-,13-/m0/s1. The van der Waals surface area contributed by atoms with Crippen LogP contribution in [0.1, 0.15) is 32.6 Å². The van der Waals surface area contributed by atoms with Gasteiger partial charge in [0.25, 0.3) is 0 Å². The Bertz CT molecular complexity index is 533. The summed E-state index contributed by atoms with van der Waals surface area (Å²) < 4.78 is 5.48. The highest BCUT2D eigenvalue weighted by molar-refractivity contribution is 5.76. The first kappa shape index (κ1) is 16.0. The summed E-state index contributed by atoms with van der Waals surface area (Å²) in [5, 5.41) is 6.74. The molecule has 2 atom stereocenters. The van der Waals surface area contributed by atoms with E-state index in [2.05, 4.69) is 20.6 Å². The second kappa shape index (κ2) is 7.59. The fourth-order valence-corrected chi connectivity index (χ4v) is 3.08. The normalized spacial score (nSPS) is 24.5. The molecule has 2 saturated heterocycles. The third kappa shape index (κ3) is 4.31. The molecule has 0 bridgehead atoms. The average molecular weight is 319 g/mol. The molecule has 126 valence electrons. The second-order valence-electron chi connectivity index (χ2n) is 6.15. The fraction of sp³-hybridized carbons (Fsp3) is 0.688. The van der Waals surface area contributed by atoms with Crippen LogP contribution in [0.2, 0.25) is 0 Å². The van der Waals surface area contributed by atoms with Crippen LogP contribution in [0.15, 0.2) is 12.3 Å². The molecule has 1 aromatic heterocycles. The van der Waals surface area contributed by atoms with E-state index in [1.54, 1.807) is 6.20 Å². The molecular weight excluding hydrogens is 294 g/mol. The lowest BCUT2D eigenvalue weighted by Crippen LogP contribution is -2.32. The number of carbonyl (C=O) groups excluding carboxylic acids is 1. The number of anilines is 2. The largest absolute Gasteiger partial charge is 0.379 e. The highest BCUT2D eigenvalue weighted by Gasteiger charge is 2.25. The van der Waals surface area contributed by atoms with Crippen molar-refractivity contribution in [2.45, 2.75) is 44.7 Å². The Kier molecular flexibility index (Phi) is 5.27. The van der Waals surface area contributed by atoms with Gasteiger partial charge in [0.1, 0.15) is 5.82 Å². The second-order valence-corrected chi connectivity index (χ2v) is 6.15. The maximum atomic E-state index is 11.7. The van der Waals surface area contributed by atoms with E-state index in [0.717, 1.165) is 51.4 Å². The van der Waals surface area contributed by atoms with Gasteiger partial charge in [0.15, 0.2) is 0 Å². The number of nitrogens with zero attached hydrogens (tertiary/aromatic N) is 3. The highest BCUT2D eigenvalue weighted by atomic mass is 16.5. The lowest BCUT2D eigenvalue weighted by Gasteiger charge is -2.23. The van der Waals surface area contributed by atoms with Crippen molar-refractivity contribution in [1.29, 1.82) is 0 Å². The quantitative estimate of drug-likeness (QED) is 0.856. The Hall–Kier alpha value is -1.89. The molecule has 1 aromatic rings. The minimum Gasteiger partial charge on any atom is -0.379 e. The summed E-state index contributed by atoms with van der Waals surface area (Å²) in [6.07, 6.45) is 5.43. The van der Waals surface area contributed by atoms with E-state index in [1.165, 1.54) is 0 Å². The van der Waals surface area contributed by atoms with Crippen LogP contribution in [-0.2, 0) is 9.53 Å². The highest BCUT2D eigenvalue weighted by Crippen LogP contribution is 2.17. The zero-order valence-electron chi connectivity index (χ0n) is 13.6. The molecule has 0 aliphatic carbocycles. The van der Waals surface area contributed by atoms with Gasteiger partial charge in [-0.2, -0.15) is 4.98 Å². The minimum atomic E-state index is 0.211. The number of rotatable bonds is 5. The third-order valence-corrected chi connectivity index (χ3v) is 4.34. The Balaban J connectivity index is 1.54. The van der Waals surface area contributed by atoms with Gasteiger partial charge in [-0.1, -0.05) is 6.92 Å². The van der Waals surface area contributed by atoms with E-state index in [0.29, 0.717) is 18.4 Å². The molecule has 7 heteroatoms. The van der Waals surface area contributed by atoms with Crippen molar-refractivity contribution < 1.29 is 9.53 Å². The van der Waals surface area contributed by atoms with Crippen molar-refractivity contribution in [3.8, 4) is 0 Å². The van der Waals surface area contributed by atoms with Crippen LogP contribution in [-0.4, -0.2) is 59.2 Å². The Morgan fingerprint density at radius 1 is 1.39 bits per heavy atom. The van der Waals surface area contributed by atoms with Crippen molar-refractivity contribution >= 4 is 17.7 Å². The van der Waals surface area contributed by atoms with Crippen LogP contribution in [0.3, 0.4) is 0 Å². The Morgan fingerprint density at radius 2 is 2.30 bits per heavy atom. The summed E-state index contributed by atoms with van der Waals surface area (Å²) >= 11 is 0. The van der Waals surface area contributed by atoms with Gasteiger partial charge in [-0.05, 0) is 25.3 Å². The van der Waals surface area contributed by atoms with Gasteiger partial charge in [-0.3, -0.25) is 4.79 Å². The van der Waals surface area contributed by atoms with E-state index in [-0.39, 0.29) is 11.9 Å². The van der Waals surface area contributed by atoms with E-state index in [9.17, 15) is 4.79 Å². The maximum Gasteiger partial charge on any atom is 0.224 e. The molecule has 3 rings (SSSR count). The Labute approximate surface area is 136 Å². The SMILES string of the molecule is CCC(=O)N1CC[C@H](Nc2nccc(N[C@H]3CCCOC3)n2)C1. The number of hydrogen-bond donors (Lipinski definition) is 2. The van der Waals surface area contributed by atoms with Crippen molar-refractivity contribution in [2.24, 2.45) is 0 Å².